The van der Waals surface area contributed by atoms with Gasteiger partial charge in [-0.25, -0.2) is 4.39 Å². The average Bonchev–Trinajstić information content (AvgIpc) is 2.26. The normalized spacial score (nSPS) is 22.5. The molecule has 0 aromatic heterocycles. The Balaban J connectivity index is 2.45. The first-order valence-electron chi connectivity index (χ1n) is 6.14. The van der Waals surface area contributed by atoms with E-state index in [1.165, 1.54) is 12.1 Å². The summed E-state index contributed by atoms with van der Waals surface area (Å²) in [6.07, 6.45) is 2.87. The molecular weight excluding hydrogens is 231 g/mol. The Hall–Kier alpha value is -1.35. The van der Waals surface area contributed by atoms with Crippen molar-refractivity contribution >= 4 is 5.57 Å². The van der Waals surface area contributed by atoms with Gasteiger partial charge in [0, 0.05) is 5.56 Å². The van der Waals surface area contributed by atoms with Gasteiger partial charge in [0.05, 0.1) is 13.2 Å². The van der Waals surface area contributed by atoms with Crippen molar-refractivity contribution in [2.24, 2.45) is 5.41 Å². The zero-order valence-corrected chi connectivity index (χ0v) is 11.0. The maximum atomic E-state index is 13.4. The van der Waals surface area contributed by atoms with Crippen molar-refractivity contribution < 1.29 is 14.2 Å². The van der Waals surface area contributed by atoms with Crippen molar-refractivity contribution in [3.8, 4) is 5.75 Å². The molecule has 0 fully saturated rings. The molecular formula is C15H19FO2. The Morgan fingerprint density at radius 2 is 2.11 bits per heavy atom. The molecule has 1 aliphatic rings. The van der Waals surface area contributed by atoms with Crippen LogP contribution >= 0.6 is 0 Å². The van der Waals surface area contributed by atoms with Gasteiger partial charge in [-0.2, -0.15) is 0 Å². The van der Waals surface area contributed by atoms with Crippen LogP contribution in [-0.4, -0.2) is 18.3 Å². The second-order valence-corrected chi connectivity index (χ2v) is 5.65. The SMILES string of the molecule is COc1ccc(F)cc1C1=CC(O)CC(C)(C)C1. The second-order valence-electron chi connectivity index (χ2n) is 5.65. The van der Waals surface area contributed by atoms with E-state index >= 15 is 0 Å². The van der Waals surface area contributed by atoms with Gasteiger partial charge >= 0.3 is 0 Å². The number of hydrogen-bond acceptors (Lipinski definition) is 2. The number of rotatable bonds is 2. The lowest BCUT2D eigenvalue weighted by molar-refractivity contribution is 0.146. The van der Waals surface area contributed by atoms with Gasteiger partial charge in [-0.05, 0) is 42.0 Å². The highest BCUT2D eigenvalue weighted by Crippen LogP contribution is 2.42. The van der Waals surface area contributed by atoms with Crippen LogP contribution in [0.5, 0.6) is 5.75 Å². The predicted molar refractivity (Wildman–Crippen MR) is 70.0 cm³/mol. The van der Waals surface area contributed by atoms with Crippen LogP contribution in [0.25, 0.3) is 5.57 Å². The molecule has 18 heavy (non-hydrogen) atoms. The molecule has 0 spiro atoms. The van der Waals surface area contributed by atoms with E-state index < -0.39 is 6.10 Å². The molecule has 0 amide bonds. The quantitative estimate of drug-likeness (QED) is 0.871. The maximum Gasteiger partial charge on any atom is 0.126 e. The molecule has 1 aliphatic carbocycles. The Labute approximate surface area is 107 Å². The number of hydrogen-bond donors (Lipinski definition) is 1. The van der Waals surface area contributed by atoms with Crippen molar-refractivity contribution in [3.05, 3.63) is 35.7 Å². The number of halogens is 1. The van der Waals surface area contributed by atoms with E-state index in [1.54, 1.807) is 13.2 Å². The maximum absolute atomic E-state index is 13.4. The number of benzene rings is 1. The van der Waals surface area contributed by atoms with E-state index in [1.807, 2.05) is 6.08 Å². The Bertz CT molecular complexity index is 477. The summed E-state index contributed by atoms with van der Waals surface area (Å²) >= 11 is 0. The molecule has 1 unspecified atom stereocenters. The molecule has 1 atom stereocenters. The molecule has 0 bridgehead atoms. The highest BCUT2D eigenvalue weighted by molar-refractivity contribution is 5.72. The van der Waals surface area contributed by atoms with Gasteiger partial charge in [-0.3, -0.25) is 0 Å². The van der Waals surface area contributed by atoms with Crippen molar-refractivity contribution in [2.75, 3.05) is 7.11 Å². The molecule has 2 rings (SSSR count). The van der Waals surface area contributed by atoms with Gasteiger partial charge in [-0.15, -0.1) is 0 Å². The van der Waals surface area contributed by atoms with Crippen LogP contribution in [0.4, 0.5) is 4.39 Å². The molecule has 98 valence electrons. The Morgan fingerprint density at radius 1 is 1.39 bits per heavy atom. The fourth-order valence-corrected chi connectivity index (χ4v) is 2.62. The fourth-order valence-electron chi connectivity index (χ4n) is 2.62. The van der Waals surface area contributed by atoms with Crippen molar-refractivity contribution in [1.29, 1.82) is 0 Å². The molecule has 0 radical (unpaired) electrons. The molecule has 1 aromatic rings. The van der Waals surface area contributed by atoms with Crippen LogP contribution in [0.1, 0.15) is 32.3 Å². The summed E-state index contributed by atoms with van der Waals surface area (Å²) in [5.41, 5.74) is 1.71. The van der Waals surface area contributed by atoms with Crippen molar-refractivity contribution in [2.45, 2.75) is 32.8 Å². The Kier molecular flexibility index (Phi) is 3.44. The Morgan fingerprint density at radius 3 is 2.72 bits per heavy atom. The van der Waals surface area contributed by atoms with E-state index in [0.717, 1.165) is 24.0 Å². The largest absolute Gasteiger partial charge is 0.496 e. The minimum Gasteiger partial charge on any atom is -0.496 e. The highest BCUT2D eigenvalue weighted by Gasteiger charge is 2.29. The third-order valence-corrected chi connectivity index (χ3v) is 3.33. The second kappa shape index (κ2) is 4.73. The van der Waals surface area contributed by atoms with Gasteiger partial charge in [0.2, 0.25) is 0 Å². The standard InChI is InChI=1S/C15H19FO2/c1-15(2)8-10(6-12(17)9-15)13-7-11(16)4-5-14(13)18-3/h4-7,12,17H,8-9H2,1-3H3. The molecule has 2 nitrogen and oxygen atoms in total. The number of methoxy groups -OCH3 is 1. The number of allylic oxidation sites excluding steroid dienone is 1. The van der Waals surface area contributed by atoms with Crippen LogP contribution in [0.3, 0.4) is 0 Å². The summed E-state index contributed by atoms with van der Waals surface area (Å²) in [5, 5.41) is 9.90. The summed E-state index contributed by atoms with van der Waals surface area (Å²) in [6.45, 7) is 4.21. The van der Waals surface area contributed by atoms with Crippen LogP contribution in [0, 0.1) is 11.2 Å². The van der Waals surface area contributed by atoms with Gasteiger partial charge in [-0.1, -0.05) is 19.9 Å². The third kappa shape index (κ3) is 2.72. The van der Waals surface area contributed by atoms with E-state index in [-0.39, 0.29) is 11.2 Å². The molecule has 0 heterocycles. The minimum absolute atomic E-state index is 0.0147. The molecule has 0 aliphatic heterocycles. The van der Waals surface area contributed by atoms with Crippen LogP contribution in [-0.2, 0) is 0 Å². The highest BCUT2D eigenvalue weighted by atomic mass is 19.1. The van der Waals surface area contributed by atoms with Gasteiger partial charge in [0.1, 0.15) is 11.6 Å². The topological polar surface area (TPSA) is 29.5 Å². The summed E-state index contributed by atoms with van der Waals surface area (Å²) in [4.78, 5) is 0. The summed E-state index contributed by atoms with van der Waals surface area (Å²) < 4.78 is 18.7. The third-order valence-electron chi connectivity index (χ3n) is 3.33. The van der Waals surface area contributed by atoms with E-state index in [0.29, 0.717) is 5.75 Å². The van der Waals surface area contributed by atoms with Crippen molar-refractivity contribution in [1.82, 2.24) is 0 Å². The number of aliphatic hydroxyl groups excluding tert-OH is 1. The molecule has 3 heteroatoms. The van der Waals surface area contributed by atoms with Crippen LogP contribution in [0.15, 0.2) is 24.3 Å². The monoisotopic (exact) mass is 250 g/mol. The van der Waals surface area contributed by atoms with Gasteiger partial charge in [0.25, 0.3) is 0 Å². The first kappa shape index (κ1) is 13.1. The molecule has 0 saturated heterocycles. The lowest BCUT2D eigenvalue weighted by Gasteiger charge is -2.33. The summed E-state index contributed by atoms with van der Waals surface area (Å²) in [6, 6.07) is 4.48. The predicted octanol–water partition coefficient (Wildman–Crippen LogP) is 3.40. The van der Waals surface area contributed by atoms with Crippen molar-refractivity contribution in [3.63, 3.8) is 0 Å². The zero-order chi connectivity index (χ0) is 13.3. The lowest BCUT2D eigenvalue weighted by atomic mass is 9.74. The minimum atomic E-state index is -0.475. The fraction of sp³-hybridized carbons (Fsp3) is 0.467. The average molecular weight is 250 g/mol. The van der Waals surface area contributed by atoms with E-state index in [4.69, 9.17) is 4.74 Å². The first-order valence-corrected chi connectivity index (χ1v) is 6.14. The molecule has 1 aromatic carbocycles. The smallest absolute Gasteiger partial charge is 0.126 e. The van der Waals surface area contributed by atoms with E-state index in [2.05, 4.69) is 13.8 Å². The van der Waals surface area contributed by atoms with Gasteiger partial charge in [0.15, 0.2) is 0 Å². The van der Waals surface area contributed by atoms with Gasteiger partial charge < -0.3 is 9.84 Å². The van der Waals surface area contributed by atoms with Crippen LogP contribution in [0.2, 0.25) is 0 Å². The molecule has 0 saturated carbocycles. The number of ether oxygens (including phenoxy) is 1. The first-order chi connectivity index (χ1) is 8.41. The summed E-state index contributed by atoms with van der Waals surface area (Å²) in [7, 11) is 1.57. The van der Waals surface area contributed by atoms with Crippen LogP contribution < -0.4 is 4.74 Å². The lowest BCUT2D eigenvalue weighted by Crippen LogP contribution is -2.24. The summed E-state index contributed by atoms with van der Waals surface area (Å²) in [5.74, 6) is 0.358. The van der Waals surface area contributed by atoms with E-state index in [9.17, 15) is 9.50 Å². The number of aliphatic hydroxyl groups is 1. The zero-order valence-electron chi connectivity index (χ0n) is 11.0. The molecule has 1 N–H and O–H groups in total.